The molecule has 0 fully saturated rings. The third-order valence-electron chi connectivity index (χ3n) is 2.90. The summed E-state index contributed by atoms with van der Waals surface area (Å²) in [6.45, 7) is 1.40. The summed E-state index contributed by atoms with van der Waals surface area (Å²) in [5.74, 6) is -0.840. The van der Waals surface area contributed by atoms with Crippen molar-refractivity contribution in [3.8, 4) is 0 Å². The van der Waals surface area contributed by atoms with Crippen molar-refractivity contribution in [1.29, 1.82) is 0 Å². The summed E-state index contributed by atoms with van der Waals surface area (Å²) < 4.78 is 10.1. The van der Waals surface area contributed by atoms with Gasteiger partial charge in [-0.3, -0.25) is 4.79 Å². The molecule has 0 bridgehead atoms. The van der Waals surface area contributed by atoms with E-state index in [1.807, 2.05) is 30.3 Å². The second-order valence-electron chi connectivity index (χ2n) is 4.30. The molecule has 110 valence electrons. The predicted octanol–water partition coefficient (Wildman–Crippen LogP) is 2.87. The van der Waals surface area contributed by atoms with Gasteiger partial charge in [0.1, 0.15) is 16.0 Å². The molecule has 1 unspecified atom stereocenters. The lowest BCUT2D eigenvalue weighted by Crippen LogP contribution is -2.08. The molecule has 0 radical (unpaired) electrons. The largest absolute Gasteiger partial charge is 0.464 e. The Morgan fingerprint density at radius 1 is 1.19 bits per heavy atom. The van der Waals surface area contributed by atoms with Gasteiger partial charge in [-0.2, -0.15) is 0 Å². The molecule has 2 aromatic rings. The molecule has 0 aliphatic rings. The van der Waals surface area contributed by atoms with Crippen molar-refractivity contribution in [2.24, 2.45) is 0 Å². The van der Waals surface area contributed by atoms with Crippen LogP contribution in [0.25, 0.3) is 0 Å². The van der Waals surface area contributed by atoms with Gasteiger partial charge in [-0.05, 0) is 5.56 Å². The van der Waals surface area contributed by atoms with E-state index in [1.54, 1.807) is 7.11 Å². The number of benzene rings is 1. The standard InChI is InChI=1S/C15H15NO4S/c1-9(17)13-11(15(18)20-3)16-14(21-13)12(19-2)10-7-5-4-6-8-10/h4-8,12H,1-3H3. The van der Waals surface area contributed by atoms with Crippen LogP contribution in [0.15, 0.2) is 30.3 Å². The molecular weight excluding hydrogens is 290 g/mol. The van der Waals surface area contributed by atoms with Crippen molar-refractivity contribution in [1.82, 2.24) is 4.98 Å². The first-order valence-corrected chi connectivity index (χ1v) is 7.07. The molecule has 0 saturated heterocycles. The van der Waals surface area contributed by atoms with Crippen molar-refractivity contribution in [3.05, 3.63) is 51.5 Å². The molecule has 0 aliphatic heterocycles. The topological polar surface area (TPSA) is 65.5 Å². The minimum absolute atomic E-state index is 0.0444. The number of carbonyl (C=O) groups is 2. The van der Waals surface area contributed by atoms with Gasteiger partial charge in [-0.15, -0.1) is 11.3 Å². The zero-order valence-electron chi connectivity index (χ0n) is 12.0. The van der Waals surface area contributed by atoms with Crippen LogP contribution in [0, 0.1) is 0 Å². The lowest BCUT2D eigenvalue weighted by molar-refractivity contribution is 0.0590. The molecule has 0 aliphatic carbocycles. The van der Waals surface area contributed by atoms with E-state index in [2.05, 4.69) is 9.72 Å². The molecule has 0 saturated carbocycles. The Hall–Kier alpha value is -2.05. The monoisotopic (exact) mass is 305 g/mol. The highest BCUT2D eigenvalue weighted by Crippen LogP contribution is 2.31. The molecule has 2 rings (SSSR count). The number of hydrogen-bond donors (Lipinski definition) is 0. The molecule has 0 spiro atoms. The number of esters is 1. The van der Waals surface area contributed by atoms with Crippen LogP contribution in [0.1, 0.15) is 43.8 Å². The fraction of sp³-hybridized carbons (Fsp3) is 0.267. The zero-order chi connectivity index (χ0) is 15.4. The lowest BCUT2D eigenvalue weighted by Gasteiger charge is -2.12. The van der Waals surface area contributed by atoms with Crippen molar-refractivity contribution >= 4 is 23.1 Å². The number of carbonyl (C=O) groups excluding carboxylic acids is 2. The minimum Gasteiger partial charge on any atom is -0.464 e. The highest BCUT2D eigenvalue weighted by Gasteiger charge is 2.26. The molecule has 21 heavy (non-hydrogen) atoms. The third kappa shape index (κ3) is 3.17. The van der Waals surface area contributed by atoms with Crippen LogP contribution in [0.5, 0.6) is 0 Å². The highest BCUT2D eigenvalue weighted by molar-refractivity contribution is 7.14. The van der Waals surface area contributed by atoms with Gasteiger partial charge < -0.3 is 9.47 Å². The maximum Gasteiger partial charge on any atom is 0.358 e. The number of rotatable bonds is 5. The van der Waals surface area contributed by atoms with E-state index in [9.17, 15) is 9.59 Å². The van der Waals surface area contributed by atoms with Gasteiger partial charge in [0.2, 0.25) is 0 Å². The fourth-order valence-corrected chi connectivity index (χ4v) is 2.98. The molecule has 6 heteroatoms. The first kappa shape index (κ1) is 15.3. The third-order valence-corrected chi connectivity index (χ3v) is 4.10. The first-order chi connectivity index (χ1) is 10.1. The highest BCUT2D eigenvalue weighted by atomic mass is 32.1. The van der Waals surface area contributed by atoms with Crippen molar-refractivity contribution in [2.45, 2.75) is 13.0 Å². The Morgan fingerprint density at radius 2 is 1.86 bits per heavy atom. The summed E-state index contributed by atoms with van der Waals surface area (Å²) in [6.07, 6.45) is -0.423. The van der Waals surface area contributed by atoms with Gasteiger partial charge in [-0.1, -0.05) is 30.3 Å². The fourth-order valence-electron chi connectivity index (χ4n) is 1.93. The minimum atomic E-state index is -0.620. The molecule has 1 atom stereocenters. The normalized spacial score (nSPS) is 12.0. The van der Waals surface area contributed by atoms with Crippen LogP contribution in [0.4, 0.5) is 0 Å². The van der Waals surface area contributed by atoms with Crippen molar-refractivity contribution in [2.75, 3.05) is 14.2 Å². The van der Waals surface area contributed by atoms with Crippen molar-refractivity contribution in [3.63, 3.8) is 0 Å². The second kappa shape index (κ2) is 6.60. The average Bonchev–Trinajstić information content (AvgIpc) is 2.93. The Labute approximate surface area is 126 Å². The van der Waals surface area contributed by atoms with Crippen LogP contribution < -0.4 is 0 Å². The predicted molar refractivity (Wildman–Crippen MR) is 78.8 cm³/mol. The van der Waals surface area contributed by atoms with Gasteiger partial charge in [0.25, 0.3) is 0 Å². The average molecular weight is 305 g/mol. The number of nitrogens with zero attached hydrogens (tertiary/aromatic N) is 1. The maximum atomic E-state index is 11.7. The van der Waals surface area contributed by atoms with E-state index < -0.39 is 12.1 Å². The number of methoxy groups -OCH3 is 2. The van der Waals surface area contributed by atoms with Crippen LogP contribution in [-0.4, -0.2) is 31.0 Å². The number of hydrogen-bond acceptors (Lipinski definition) is 6. The van der Waals surface area contributed by atoms with E-state index in [4.69, 9.17) is 4.74 Å². The Morgan fingerprint density at radius 3 is 2.38 bits per heavy atom. The zero-order valence-corrected chi connectivity index (χ0v) is 12.8. The van der Waals surface area contributed by atoms with Gasteiger partial charge in [0, 0.05) is 14.0 Å². The summed E-state index contributed by atoms with van der Waals surface area (Å²) >= 11 is 1.15. The van der Waals surface area contributed by atoms with Crippen molar-refractivity contribution < 1.29 is 19.1 Å². The summed E-state index contributed by atoms with van der Waals surface area (Å²) in [5, 5.41) is 0.550. The van der Waals surface area contributed by atoms with Gasteiger partial charge >= 0.3 is 5.97 Å². The van der Waals surface area contributed by atoms with E-state index in [1.165, 1.54) is 14.0 Å². The second-order valence-corrected chi connectivity index (χ2v) is 5.33. The van der Waals surface area contributed by atoms with Crippen LogP contribution in [-0.2, 0) is 9.47 Å². The van der Waals surface area contributed by atoms with Gasteiger partial charge in [0.05, 0.1) is 7.11 Å². The van der Waals surface area contributed by atoms with Crippen LogP contribution in [0.3, 0.4) is 0 Å². The summed E-state index contributed by atoms with van der Waals surface area (Å²) in [5.41, 5.74) is 0.947. The Balaban J connectivity index is 2.48. The van der Waals surface area contributed by atoms with Gasteiger partial charge in [0.15, 0.2) is 11.5 Å². The Kier molecular flexibility index (Phi) is 4.82. The Bertz CT molecular complexity index is 651. The number of Topliss-reactive ketones (excluding diaryl/α,β-unsaturated/α-hetero) is 1. The SMILES string of the molecule is COC(=O)c1nc(C(OC)c2ccccc2)sc1C(C)=O. The molecule has 1 aromatic carbocycles. The maximum absolute atomic E-state index is 11.7. The summed E-state index contributed by atoms with van der Waals surface area (Å²) in [4.78, 5) is 27.9. The number of thiazole rings is 1. The van der Waals surface area contributed by atoms with E-state index in [0.717, 1.165) is 16.9 Å². The molecule has 1 heterocycles. The quantitative estimate of drug-likeness (QED) is 0.628. The molecule has 5 nitrogen and oxygen atoms in total. The van der Waals surface area contributed by atoms with Crippen LogP contribution in [0.2, 0.25) is 0 Å². The van der Waals surface area contributed by atoms with Gasteiger partial charge in [-0.25, -0.2) is 9.78 Å². The molecular formula is C15H15NO4S. The molecule has 0 amide bonds. The lowest BCUT2D eigenvalue weighted by atomic mass is 10.1. The number of ether oxygens (including phenoxy) is 2. The number of ketones is 1. The summed E-state index contributed by atoms with van der Waals surface area (Å²) in [7, 11) is 2.82. The van der Waals surface area contributed by atoms with E-state index in [-0.39, 0.29) is 16.4 Å². The summed E-state index contributed by atoms with van der Waals surface area (Å²) in [6, 6.07) is 9.49. The molecule has 1 aromatic heterocycles. The number of aromatic nitrogens is 1. The smallest absolute Gasteiger partial charge is 0.358 e. The first-order valence-electron chi connectivity index (χ1n) is 6.26. The van der Waals surface area contributed by atoms with E-state index in [0.29, 0.717) is 5.01 Å². The van der Waals surface area contributed by atoms with Crippen LogP contribution >= 0.6 is 11.3 Å². The molecule has 0 N–H and O–H groups in total. The van der Waals surface area contributed by atoms with E-state index >= 15 is 0 Å².